The van der Waals surface area contributed by atoms with Gasteiger partial charge in [-0.05, 0) is 34.0 Å². The molecule has 0 radical (unpaired) electrons. The molecule has 0 bridgehead atoms. The van der Waals surface area contributed by atoms with Crippen LogP contribution in [-0.2, 0) is 0 Å². The van der Waals surface area contributed by atoms with Crippen molar-refractivity contribution in [2.45, 2.75) is 47.1 Å². The predicted octanol–water partition coefficient (Wildman–Crippen LogP) is 2.26. The highest BCUT2D eigenvalue weighted by Crippen LogP contribution is 1.96. The summed E-state index contributed by atoms with van der Waals surface area (Å²) in [5.74, 6) is 0. The van der Waals surface area contributed by atoms with Crippen LogP contribution in [0.2, 0.25) is 0 Å². The van der Waals surface area contributed by atoms with E-state index in [-0.39, 0.29) is 0 Å². The Kier molecular flexibility index (Phi) is 33.4. The zero-order chi connectivity index (χ0) is 10.4. The minimum Gasteiger partial charge on any atom is -0.323 e. The summed E-state index contributed by atoms with van der Waals surface area (Å²) in [6, 6.07) is 0.815. The Morgan fingerprint density at radius 3 is 1.25 bits per heavy atom. The summed E-state index contributed by atoms with van der Waals surface area (Å²) in [6.45, 7) is 11.4. The topological polar surface area (TPSA) is 24.1 Å². The number of rotatable bonds is 0. The van der Waals surface area contributed by atoms with Crippen molar-refractivity contribution in [2.75, 3.05) is 20.6 Å². The maximum absolute atomic E-state index is 3.21. The maximum atomic E-state index is 3.21. The summed E-state index contributed by atoms with van der Waals surface area (Å²) in [5.41, 5.74) is 0. The van der Waals surface area contributed by atoms with Gasteiger partial charge in [0, 0.05) is 6.04 Å². The fourth-order valence-corrected chi connectivity index (χ4v) is 0.433. The SMILES string of the molecule is CC.CC.CC1CCN1.CNC. The smallest absolute Gasteiger partial charge is 0.00508 e. The quantitative estimate of drug-likeness (QED) is 0.591. The Balaban J connectivity index is -0.000000102. The molecule has 1 heterocycles. The Bertz CT molecular complexity index is 43.1. The van der Waals surface area contributed by atoms with Gasteiger partial charge in [-0.1, -0.05) is 27.7 Å². The minimum atomic E-state index is 0.815. The molecule has 1 fully saturated rings. The van der Waals surface area contributed by atoms with Crippen LogP contribution in [0.3, 0.4) is 0 Å². The predicted molar refractivity (Wildman–Crippen MR) is 59.8 cm³/mol. The van der Waals surface area contributed by atoms with E-state index in [1.807, 2.05) is 41.8 Å². The molecule has 0 aromatic carbocycles. The van der Waals surface area contributed by atoms with E-state index in [9.17, 15) is 0 Å². The fraction of sp³-hybridized carbons (Fsp3) is 1.00. The van der Waals surface area contributed by atoms with Crippen molar-refractivity contribution in [2.24, 2.45) is 0 Å². The first-order valence-electron chi connectivity index (χ1n) is 5.13. The minimum absolute atomic E-state index is 0.815. The highest BCUT2D eigenvalue weighted by atomic mass is 15.0. The van der Waals surface area contributed by atoms with Gasteiger partial charge in [0.1, 0.15) is 0 Å². The zero-order valence-electron chi connectivity index (χ0n) is 9.99. The Hall–Kier alpha value is -0.0800. The molecule has 0 saturated carbocycles. The maximum Gasteiger partial charge on any atom is 0.00508 e. The highest BCUT2D eigenvalue weighted by Gasteiger charge is 2.07. The van der Waals surface area contributed by atoms with Gasteiger partial charge < -0.3 is 10.6 Å². The normalized spacial score (nSPS) is 17.8. The van der Waals surface area contributed by atoms with Crippen LogP contribution in [0.5, 0.6) is 0 Å². The molecule has 78 valence electrons. The van der Waals surface area contributed by atoms with E-state index in [0.717, 1.165) is 6.04 Å². The molecule has 1 aliphatic heterocycles. The van der Waals surface area contributed by atoms with E-state index in [0.29, 0.717) is 0 Å². The molecule has 0 aromatic rings. The van der Waals surface area contributed by atoms with Crippen molar-refractivity contribution >= 4 is 0 Å². The van der Waals surface area contributed by atoms with Gasteiger partial charge in [0.05, 0.1) is 0 Å². The molecular weight excluding hydrogens is 148 g/mol. The summed E-state index contributed by atoms with van der Waals surface area (Å²) >= 11 is 0. The van der Waals surface area contributed by atoms with Crippen LogP contribution in [0.15, 0.2) is 0 Å². The highest BCUT2D eigenvalue weighted by molar-refractivity contribution is 4.70. The third-order valence-electron chi connectivity index (χ3n) is 1.07. The summed E-state index contributed by atoms with van der Waals surface area (Å²) < 4.78 is 0. The van der Waals surface area contributed by atoms with Gasteiger partial charge in [0.25, 0.3) is 0 Å². The molecule has 1 rings (SSSR count). The molecule has 12 heavy (non-hydrogen) atoms. The molecule has 2 heteroatoms. The Labute approximate surface area is 79.1 Å². The molecule has 0 aromatic heterocycles. The molecule has 0 amide bonds. The van der Waals surface area contributed by atoms with Crippen LogP contribution < -0.4 is 10.6 Å². The summed E-state index contributed by atoms with van der Waals surface area (Å²) in [4.78, 5) is 0. The lowest BCUT2D eigenvalue weighted by Gasteiger charge is -2.22. The molecule has 0 aliphatic carbocycles. The third-order valence-corrected chi connectivity index (χ3v) is 1.07. The third kappa shape index (κ3) is 22.5. The largest absolute Gasteiger partial charge is 0.323 e. The monoisotopic (exact) mass is 176 g/mol. The zero-order valence-corrected chi connectivity index (χ0v) is 9.99. The van der Waals surface area contributed by atoms with E-state index < -0.39 is 0 Å². The second-order valence-electron chi connectivity index (χ2n) is 2.14. The van der Waals surface area contributed by atoms with Gasteiger partial charge in [0.2, 0.25) is 0 Å². The van der Waals surface area contributed by atoms with Gasteiger partial charge in [-0.15, -0.1) is 0 Å². The Morgan fingerprint density at radius 1 is 1.08 bits per heavy atom. The van der Waals surface area contributed by atoms with Crippen molar-refractivity contribution in [1.82, 2.24) is 10.6 Å². The molecule has 1 unspecified atom stereocenters. The molecule has 1 saturated heterocycles. The average Bonchev–Trinajstić information content (AvgIpc) is 2.10. The molecular formula is C10H28N2. The van der Waals surface area contributed by atoms with Crippen molar-refractivity contribution in [1.29, 1.82) is 0 Å². The van der Waals surface area contributed by atoms with Gasteiger partial charge in [-0.25, -0.2) is 0 Å². The lowest BCUT2D eigenvalue weighted by Crippen LogP contribution is -2.39. The van der Waals surface area contributed by atoms with Crippen molar-refractivity contribution in [3.63, 3.8) is 0 Å². The lowest BCUT2D eigenvalue weighted by molar-refractivity contribution is 0.399. The van der Waals surface area contributed by atoms with Crippen LogP contribution in [0.1, 0.15) is 41.0 Å². The van der Waals surface area contributed by atoms with E-state index in [2.05, 4.69) is 17.6 Å². The van der Waals surface area contributed by atoms with E-state index in [1.165, 1.54) is 13.0 Å². The number of nitrogens with one attached hydrogen (secondary N) is 2. The molecule has 2 N–H and O–H groups in total. The average molecular weight is 176 g/mol. The summed E-state index contributed by atoms with van der Waals surface area (Å²) in [5, 5.41) is 5.96. The molecule has 1 atom stereocenters. The van der Waals surface area contributed by atoms with Crippen molar-refractivity contribution < 1.29 is 0 Å². The molecule has 1 aliphatic rings. The first-order valence-corrected chi connectivity index (χ1v) is 5.13. The summed E-state index contributed by atoms with van der Waals surface area (Å²) in [7, 11) is 3.75. The van der Waals surface area contributed by atoms with Gasteiger partial charge >= 0.3 is 0 Å². The number of hydrogen-bond acceptors (Lipinski definition) is 2. The first-order chi connectivity index (χ1) is 5.81. The fourth-order valence-electron chi connectivity index (χ4n) is 0.433. The lowest BCUT2D eigenvalue weighted by atomic mass is 10.1. The second kappa shape index (κ2) is 22.4. The summed E-state index contributed by atoms with van der Waals surface area (Å²) in [6.07, 6.45) is 1.38. The Morgan fingerprint density at radius 2 is 1.25 bits per heavy atom. The van der Waals surface area contributed by atoms with E-state index >= 15 is 0 Å². The van der Waals surface area contributed by atoms with Crippen molar-refractivity contribution in [3.8, 4) is 0 Å². The van der Waals surface area contributed by atoms with Crippen molar-refractivity contribution in [3.05, 3.63) is 0 Å². The second-order valence-corrected chi connectivity index (χ2v) is 2.14. The van der Waals surface area contributed by atoms with E-state index in [1.54, 1.807) is 0 Å². The van der Waals surface area contributed by atoms with Crippen LogP contribution in [0, 0.1) is 0 Å². The molecule has 0 spiro atoms. The molecule has 2 nitrogen and oxygen atoms in total. The van der Waals surface area contributed by atoms with Crippen LogP contribution in [0.4, 0.5) is 0 Å². The number of hydrogen-bond donors (Lipinski definition) is 2. The van der Waals surface area contributed by atoms with Crippen LogP contribution >= 0.6 is 0 Å². The van der Waals surface area contributed by atoms with Crippen LogP contribution in [0.25, 0.3) is 0 Å². The van der Waals surface area contributed by atoms with Gasteiger partial charge in [0.15, 0.2) is 0 Å². The standard InChI is InChI=1S/C4H9N.C2H7N.2C2H6/c1-4-2-3-5-4;1-3-2;2*1-2/h4-5H,2-3H2,1H3;3H,1-2H3;2*1-2H3. The van der Waals surface area contributed by atoms with E-state index in [4.69, 9.17) is 0 Å². The van der Waals surface area contributed by atoms with Gasteiger partial charge in [-0.2, -0.15) is 0 Å². The van der Waals surface area contributed by atoms with Gasteiger partial charge in [-0.3, -0.25) is 0 Å². The van der Waals surface area contributed by atoms with Crippen LogP contribution in [-0.4, -0.2) is 26.7 Å². The first kappa shape index (κ1) is 17.9.